The zero-order chi connectivity index (χ0) is 25.6. The number of fused-ring (bicyclic) bond motifs is 5. The maximum absolute atomic E-state index is 11.8. The van der Waals surface area contributed by atoms with Gasteiger partial charge in [0, 0.05) is 0 Å². The van der Waals surface area contributed by atoms with Gasteiger partial charge in [-0.25, -0.2) is 4.18 Å². The molecule has 4 aliphatic carbocycles. The number of hydrogen-bond acceptors (Lipinski definition) is 5. The van der Waals surface area contributed by atoms with E-state index in [-0.39, 0.29) is 29.6 Å². The number of aliphatic hydroxyl groups excluding tert-OH is 2. The van der Waals surface area contributed by atoms with Gasteiger partial charge >= 0.3 is 10.4 Å². The molecule has 6 nitrogen and oxygen atoms in total. The van der Waals surface area contributed by atoms with E-state index >= 15 is 0 Å². The summed E-state index contributed by atoms with van der Waals surface area (Å²) in [5.74, 6) is 3.59. The van der Waals surface area contributed by atoms with Gasteiger partial charge in [0.05, 0.1) is 18.8 Å². The molecule has 0 radical (unpaired) electrons. The fraction of sp³-hybridized carbons (Fsp3) is 1.00. The van der Waals surface area contributed by atoms with Crippen LogP contribution < -0.4 is 0 Å². The molecule has 0 saturated heterocycles. The Balaban J connectivity index is 1.42. The highest BCUT2D eigenvalue weighted by Crippen LogP contribution is 2.69. The fourth-order valence-electron chi connectivity index (χ4n) is 10.0. The minimum atomic E-state index is -4.33. The van der Waals surface area contributed by atoms with Gasteiger partial charge in [0.1, 0.15) is 0 Å². The van der Waals surface area contributed by atoms with E-state index in [9.17, 15) is 18.6 Å². The predicted molar refractivity (Wildman–Crippen MR) is 137 cm³/mol. The zero-order valence-corrected chi connectivity index (χ0v) is 23.2. The average molecular weight is 515 g/mol. The van der Waals surface area contributed by atoms with Crippen LogP contribution in [-0.4, -0.2) is 42.0 Å². The van der Waals surface area contributed by atoms with E-state index in [1.165, 1.54) is 25.7 Å². The summed E-state index contributed by atoms with van der Waals surface area (Å²) in [6.45, 7) is 9.70. The van der Waals surface area contributed by atoms with Crippen LogP contribution in [0.25, 0.3) is 0 Å². The summed E-state index contributed by atoms with van der Waals surface area (Å²) in [4.78, 5) is 0. The fourth-order valence-corrected chi connectivity index (χ4v) is 10.4. The lowest BCUT2D eigenvalue weighted by Gasteiger charge is -2.64. The molecule has 3 N–H and O–H groups in total. The van der Waals surface area contributed by atoms with Crippen LogP contribution in [0, 0.1) is 52.3 Å². The molecule has 0 amide bonds. The van der Waals surface area contributed by atoms with Crippen molar-refractivity contribution < 1.29 is 27.4 Å². The van der Waals surface area contributed by atoms with Crippen LogP contribution in [0.15, 0.2) is 0 Å². The van der Waals surface area contributed by atoms with Crippen LogP contribution in [0.5, 0.6) is 0 Å². The summed E-state index contributed by atoms with van der Waals surface area (Å²) in [5, 5.41) is 22.3. The Morgan fingerprint density at radius 1 is 0.943 bits per heavy atom. The molecule has 0 aromatic carbocycles. The molecule has 0 aromatic rings. The monoisotopic (exact) mass is 514 g/mol. The molecule has 0 bridgehead atoms. The van der Waals surface area contributed by atoms with Crippen molar-refractivity contribution in [2.45, 2.75) is 117 Å². The summed E-state index contributed by atoms with van der Waals surface area (Å²) in [6, 6.07) is 0. The van der Waals surface area contributed by atoms with Crippen LogP contribution in [0.4, 0.5) is 0 Å². The summed E-state index contributed by atoms with van der Waals surface area (Å²) in [5.41, 5.74) is 0.532. The molecule has 4 aliphatic rings. The number of rotatable bonds is 9. The second kappa shape index (κ2) is 10.5. The topological polar surface area (TPSA) is 104 Å². The van der Waals surface area contributed by atoms with E-state index in [0.717, 1.165) is 44.9 Å². The summed E-state index contributed by atoms with van der Waals surface area (Å²) in [6.07, 6.45) is 12.1. The molecule has 11 atom stereocenters. The first-order chi connectivity index (χ1) is 16.4. The highest BCUT2D eigenvalue weighted by atomic mass is 32.3. The van der Waals surface area contributed by atoms with Crippen molar-refractivity contribution in [2.75, 3.05) is 6.61 Å². The van der Waals surface area contributed by atoms with E-state index in [2.05, 4.69) is 31.9 Å². The van der Waals surface area contributed by atoms with Crippen molar-refractivity contribution in [1.82, 2.24) is 0 Å². The lowest BCUT2D eigenvalue weighted by atomic mass is 9.41. The quantitative estimate of drug-likeness (QED) is 0.272. The SMILES string of the molecule is CC[C@H]1[C@@H](O)C2C3CC[C@H]([C@H](C)CCCCCOS(=O)(=O)O)C3(C)CCC2[C@@]2(C)CC[C@@H](O)C[C@@H]12. The summed E-state index contributed by atoms with van der Waals surface area (Å²) < 4.78 is 34.5. The molecule has 4 rings (SSSR count). The standard InChI is InChI=1S/C28H50O6S/c1-5-20-24-17-19(29)12-14-28(24,4)23-13-15-27(3)21(10-11-22(27)25(23)26(20)30)18(2)9-7-6-8-16-34-35(31,32)33/h18-26,29-30H,5-17H2,1-4H3,(H,31,32,33)/t18-,19-,20-,21-,22?,23?,24+,25?,26-,27?,28-/m1/s1. The summed E-state index contributed by atoms with van der Waals surface area (Å²) >= 11 is 0. The van der Waals surface area contributed by atoms with Gasteiger partial charge in [0.25, 0.3) is 0 Å². The molecule has 0 heterocycles. The van der Waals surface area contributed by atoms with Crippen molar-refractivity contribution >= 4 is 10.4 Å². The Morgan fingerprint density at radius 2 is 1.63 bits per heavy atom. The highest BCUT2D eigenvalue weighted by molar-refractivity contribution is 7.80. The first-order valence-corrected chi connectivity index (χ1v) is 15.8. The lowest BCUT2D eigenvalue weighted by molar-refractivity contribution is -0.203. The molecular weight excluding hydrogens is 464 g/mol. The Labute approximate surface area is 213 Å². The molecule has 4 fully saturated rings. The first-order valence-electron chi connectivity index (χ1n) is 14.4. The molecule has 204 valence electrons. The van der Waals surface area contributed by atoms with Gasteiger partial charge in [0.15, 0.2) is 0 Å². The van der Waals surface area contributed by atoms with E-state index < -0.39 is 10.4 Å². The van der Waals surface area contributed by atoms with Crippen LogP contribution in [-0.2, 0) is 14.6 Å². The van der Waals surface area contributed by atoms with Crippen LogP contribution in [0.2, 0.25) is 0 Å². The van der Waals surface area contributed by atoms with Crippen LogP contribution in [0.3, 0.4) is 0 Å². The molecular formula is C28H50O6S. The molecule has 4 unspecified atom stereocenters. The van der Waals surface area contributed by atoms with E-state index in [1.807, 2.05) is 0 Å². The minimum absolute atomic E-state index is 0.0484. The second-order valence-corrected chi connectivity index (χ2v) is 14.3. The third-order valence-corrected chi connectivity index (χ3v) is 12.2. The number of unbranched alkanes of at least 4 members (excludes halogenated alkanes) is 2. The van der Waals surface area contributed by atoms with Crippen molar-refractivity contribution in [2.24, 2.45) is 52.3 Å². The maximum Gasteiger partial charge on any atom is 0.397 e. The number of aliphatic hydroxyl groups is 2. The van der Waals surface area contributed by atoms with E-state index in [1.54, 1.807) is 0 Å². The Bertz CT molecular complexity index is 831. The van der Waals surface area contributed by atoms with Crippen molar-refractivity contribution in [3.63, 3.8) is 0 Å². The van der Waals surface area contributed by atoms with Gasteiger partial charge in [-0.1, -0.05) is 53.4 Å². The van der Waals surface area contributed by atoms with Crippen molar-refractivity contribution in [1.29, 1.82) is 0 Å². The minimum Gasteiger partial charge on any atom is -0.393 e. The molecule has 7 heteroatoms. The van der Waals surface area contributed by atoms with Crippen molar-refractivity contribution in [3.8, 4) is 0 Å². The van der Waals surface area contributed by atoms with Crippen molar-refractivity contribution in [3.05, 3.63) is 0 Å². The van der Waals surface area contributed by atoms with E-state index in [4.69, 9.17) is 4.55 Å². The average Bonchev–Trinajstić information content (AvgIpc) is 3.14. The number of hydrogen-bond donors (Lipinski definition) is 3. The molecule has 0 aromatic heterocycles. The van der Waals surface area contributed by atoms with Gasteiger partial charge in [-0.15, -0.1) is 0 Å². The largest absolute Gasteiger partial charge is 0.397 e. The Kier molecular flexibility index (Phi) is 8.35. The predicted octanol–water partition coefficient (Wildman–Crippen LogP) is 5.63. The third-order valence-electron chi connectivity index (χ3n) is 11.7. The summed E-state index contributed by atoms with van der Waals surface area (Å²) in [7, 11) is -4.33. The van der Waals surface area contributed by atoms with Gasteiger partial charge in [0.2, 0.25) is 0 Å². The molecule has 0 aliphatic heterocycles. The Hall–Kier alpha value is -0.210. The van der Waals surface area contributed by atoms with Gasteiger partial charge in [-0.3, -0.25) is 4.55 Å². The lowest BCUT2D eigenvalue weighted by Crippen LogP contribution is -2.62. The maximum atomic E-state index is 11.8. The normalized spacial score (nSPS) is 46.5. The zero-order valence-electron chi connectivity index (χ0n) is 22.4. The van der Waals surface area contributed by atoms with Gasteiger partial charge < -0.3 is 10.2 Å². The smallest absolute Gasteiger partial charge is 0.393 e. The molecule has 0 spiro atoms. The molecule has 4 saturated carbocycles. The molecule has 35 heavy (non-hydrogen) atoms. The second-order valence-electron chi connectivity index (χ2n) is 13.2. The third kappa shape index (κ3) is 5.23. The van der Waals surface area contributed by atoms with Crippen LogP contribution >= 0.6 is 0 Å². The Morgan fingerprint density at radius 3 is 2.31 bits per heavy atom. The highest BCUT2D eigenvalue weighted by Gasteiger charge is 2.64. The van der Waals surface area contributed by atoms with Crippen LogP contribution in [0.1, 0.15) is 105 Å². The van der Waals surface area contributed by atoms with Gasteiger partial charge in [-0.05, 0) is 104 Å². The first kappa shape index (κ1) is 27.8. The van der Waals surface area contributed by atoms with E-state index in [0.29, 0.717) is 47.8 Å². The van der Waals surface area contributed by atoms with Gasteiger partial charge in [-0.2, -0.15) is 8.42 Å².